The molecule has 1 atom stereocenters. The summed E-state index contributed by atoms with van der Waals surface area (Å²) in [4.78, 5) is 9.91. The fourth-order valence-electron chi connectivity index (χ4n) is 1.05. The molecular weight excluding hydrogens is 175 g/mol. The third-order valence-corrected chi connectivity index (χ3v) is 1.70. The van der Waals surface area contributed by atoms with Crippen LogP contribution in [-0.2, 0) is 0 Å². The maximum absolute atomic E-state index is 12.2. The Morgan fingerprint density at radius 2 is 2.15 bits per heavy atom. The van der Waals surface area contributed by atoms with E-state index in [-0.39, 0.29) is 11.3 Å². The van der Waals surface area contributed by atoms with E-state index in [1.54, 1.807) is 6.07 Å². The van der Waals surface area contributed by atoms with Crippen molar-refractivity contribution in [2.45, 2.75) is 6.04 Å². The van der Waals surface area contributed by atoms with Crippen molar-refractivity contribution in [3.63, 3.8) is 0 Å². The minimum atomic E-state index is -0.915. The third-order valence-electron chi connectivity index (χ3n) is 1.70. The van der Waals surface area contributed by atoms with Gasteiger partial charge < -0.3 is 5.73 Å². The summed E-state index contributed by atoms with van der Waals surface area (Å²) in [6, 6.07) is 4.97. The highest BCUT2D eigenvalue weighted by Gasteiger charge is 2.17. The topological polar surface area (TPSA) is 69.2 Å². The van der Waals surface area contributed by atoms with Crippen molar-refractivity contribution in [2.24, 2.45) is 5.73 Å². The monoisotopic (exact) mass is 184 g/mol. The van der Waals surface area contributed by atoms with E-state index in [0.29, 0.717) is 0 Å². The van der Waals surface area contributed by atoms with E-state index in [4.69, 9.17) is 5.73 Å². The Kier molecular flexibility index (Phi) is 2.92. The lowest BCUT2D eigenvalue weighted by atomic mass is 10.1. The molecule has 0 fully saturated rings. The standard InChI is InChI=1S/C8H9FN2O2/c9-5-7(10)6-3-1-2-4-8(6)11(12)13/h1-4,7H,5,10H2. The molecule has 70 valence electrons. The first-order valence-corrected chi connectivity index (χ1v) is 3.71. The van der Waals surface area contributed by atoms with Gasteiger partial charge in [-0.3, -0.25) is 10.1 Å². The molecule has 1 aromatic carbocycles. The van der Waals surface area contributed by atoms with Crippen molar-refractivity contribution in [1.29, 1.82) is 0 Å². The van der Waals surface area contributed by atoms with Gasteiger partial charge in [0.2, 0.25) is 0 Å². The lowest BCUT2D eigenvalue weighted by Gasteiger charge is -2.06. The molecule has 4 nitrogen and oxygen atoms in total. The maximum Gasteiger partial charge on any atom is 0.274 e. The zero-order valence-corrected chi connectivity index (χ0v) is 6.81. The number of para-hydroxylation sites is 1. The quantitative estimate of drug-likeness (QED) is 0.572. The summed E-state index contributed by atoms with van der Waals surface area (Å²) in [5, 5.41) is 10.5. The number of nitrogens with zero attached hydrogens (tertiary/aromatic N) is 1. The van der Waals surface area contributed by atoms with Crippen molar-refractivity contribution in [1.82, 2.24) is 0 Å². The van der Waals surface area contributed by atoms with Crippen molar-refractivity contribution < 1.29 is 9.31 Å². The van der Waals surface area contributed by atoms with Gasteiger partial charge in [0.25, 0.3) is 5.69 Å². The molecule has 1 unspecified atom stereocenters. The Labute approximate surface area is 74.3 Å². The van der Waals surface area contributed by atoms with Crippen molar-refractivity contribution in [3.8, 4) is 0 Å². The predicted octanol–water partition coefficient (Wildman–Crippen LogP) is 1.56. The zero-order chi connectivity index (χ0) is 9.84. The molecule has 5 heteroatoms. The van der Waals surface area contributed by atoms with Gasteiger partial charge in [0.05, 0.1) is 11.0 Å². The number of nitrogens with two attached hydrogens (primary N) is 1. The number of nitro benzene ring substituents is 1. The molecule has 1 rings (SSSR count). The average Bonchev–Trinajstić information content (AvgIpc) is 2.16. The van der Waals surface area contributed by atoms with Gasteiger partial charge in [0, 0.05) is 11.6 Å². The molecule has 0 aromatic heterocycles. The molecule has 0 aliphatic heterocycles. The van der Waals surface area contributed by atoms with Crippen LogP contribution in [0.5, 0.6) is 0 Å². The molecule has 0 bridgehead atoms. The molecule has 0 aliphatic carbocycles. The van der Waals surface area contributed by atoms with Crippen LogP contribution < -0.4 is 5.73 Å². The summed E-state index contributed by atoms with van der Waals surface area (Å²) in [7, 11) is 0. The minimum absolute atomic E-state index is 0.132. The SMILES string of the molecule is NC(CF)c1ccccc1[N+](=O)[O-]. The van der Waals surface area contributed by atoms with E-state index in [1.807, 2.05) is 0 Å². The summed E-state index contributed by atoms with van der Waals surface area (Å²) in [6.07, 6.45) is 0. The van der Waals surface area contributed by atoms with E-state index < -0.39 is 17.6 Å². The van der Waals surface area contributed by atoms with Crippen molar-refractivity contribution in [2.75, 3.05) is 6.67 Å². The van der Waals surface area contributed by atoms with Gasteiger partial charge in [-0.2, -0.15) is 0 Å². The Bertz CT molecular complexity index is 317. The first-order valence-electron chi connectivity index (χ1n) is 3.71. The second kappa shape index (κ2) is 3.95. The molecule has 13 heavy (non-hydrogen) atoms. The summed E-state index contributed by atoms with van der Waals surface area (Å²) in [5.41, 5.74) is 5.45. The first-order chi connectivity index (χ1) is 6.16. The fourth-order valence-corrected chi connectivity index (χ4v) is 1.05. The van der Waals surface area contributed by atoms with E-state index in [1.165, 1.54) is 18.2 Å². The number of rotatable bonds is 3. The van der Waals surface area contributed by atoms with Gasteiger partial charge in [0.15, 0.2) is 0 Å². The number of hydrogen-bond acceptors (Lipinski definition) is 3. The second-order valence-electron chi connectivity index (χ2n) is 2.58. The Hall–Kier alpha value is -1.49. The number of nitro groups is 1. The summed E-state index contributed by atoms with van der Waals surface area (Å²) in [6.45, 7) is -0.801. The van der Waals surface area contributed by atoms with Crippen LogP contribution in [0.25, 0.3) is 0 Å². The molecule has 2 N–H and O–H groups in total. The highest BCUT2D eigenvalue weighted by atomic mass is 19.1. The van der Waals surface area contributed by atoms with Crippen LogP contribution in [0.1, 0.15) is 11.6 Å². The molecule has 0 amide bonds. The Morgan fingerprint density at radius 1 is 1.54 bits per heavy atom. The molecule has 0 radical (unpaired) electrons. The van der Waals surface area contributed by atoms with Crippen molar-refractivity contribution in [3.05, 3.63) is 39.9 Å². The number of halogens is 1. The van der Waals surface area contributed by atoms with Gasteiger partial charge in [-0.05, 0) is 0 Å². The molecule has 0 aliphatic rings. The van der Waals surface area contributed by atoms with E-state index in [0.717, 1.165) is 0 Å². The molecule has 0 heterocycles. The predicted molar refractivity (Wildman–Crippen MR) is 46.0 cm³/mol. The highest BCUT2D eigenvalue weighted by molar-refractivity contribution is 5.41. The van der Waals surface area contributed by atoms with Gasteiger partial charge in [-0.1, -0.05) is 18.2 Å². The summed E-state index contributed by atoms with van der Waals surface area (Å²) < 4.78 is 12.2. The lowest BCUT2D eigenvalue weighted by molar-refractivity contribution is -0.385. The van der Waals surface area contributed by atoms with Crippen LogP contribution in [-0.4, -0.2) is 11.6 Å². The van der Waals surface area contributed by atoms with Crippen LogP contribution in [0.15, 0.2) is 24.3 Å². The molecule has 0 saturated heterocycles. The minimum Gasteiger partial charge on any atom is -0.322 e. The second-order valence-corrected chi connectivity index (χ2v) is 2.58. The molecule has 0 spiro atoms. The van der Waals surface area contributed by atoms with Crippen LogP contribution in [0.2, 0.25) is 0 Å². The van der Waals surface area contributed by atoms with Crippen LogP contribution in [0.3, 0.4) is 0 Å². The summed E-state index contributed by atoms with van der Waals surface area (Å²) in [5.74, 6) is 0. The lowest BCUT2D eigenvalue weighted by Crippen LogP contribution is -2.13. The maximum atomic E-state index is 12.2. The summed E-state index contributed by atoms with van der Waals surface area (Å²) >= 11 is 0. The van der Waals surface area contributed by atoms with E-state index >= 15 is 0 Å². The Balaban J connectivity index is 3.11. The largest absolute Gasteiger partial charge is 0.322 e. The van der Waals surface area contributed by atoms with Crippen molar-refractivity contribution >= 4 is 5.69 Å². The van der Waals surface area contributed by atoms with E-state index in [9.17, 15) is 14.5 Å². The smallest absolute Gasteiger partial charge is 0.274 e. The van der Waals surface area contributed by atoms with Gasteiger partial charge in [0.1, 0.15) is 6.67 Å². The Morgan fingerprint density at radius 3 is 2.69 bits per heavy atom. The number of benzene rings is 1. The number of alkyl halides is 1. The molecule has 0 saturated carbocycles. The van der Waals surface area contributed by atoms with Crippen LogP contribution >= 0.6 is 0 Å². The zero-order valence-electron chi connectivity index (χ0n) is 6.81. The van der Waals surface area contributed by atoms with Gasteiger partial charge >= 0.3 is 0 Å². The average molecular weight is 184 g/mol. The number of hydrogen-bond donors (Lipinski definition) is 1. The third kappa shape index (κ3) is 2.00. The van der Waals surface area contributed by atoms with E-state index in [2.05, 4.69) is 0 Å². The normalized spacial score (nSPS) is 12.5. The highest BCUT2D eigenvalue weighted by Crippen LogP contribution is 2.23. The van der Waals surface area contributed by atoms with Gasteiger partial charge in [-0.15, -0.1) is 0 Å². The van der Waals surface area contributed by atoms with Gasteiger partial charge in [-0.25, -0.2) is 4.39 Å². The van der Waals surface area contributed by atoms with Crippen LogP contribution in [0, 0.1) is 10.1 Å². The first kappa shape index (κ1) is 9.60. The fraction of sp³-hybridized carbons (Fsp3) is 0.250. The molecular formula is C8H9FN2O2. The van der Waals surface area contributed by atoms with Crippen LogP contribution in [0.4, 0.5) is 10.1 Å². The molecule has 1 aromatic rings.